The Labute approximate surface area is 167 Å². The highest BCUT2D eigenvalue weighted by atomic mass is 127. The average molecular weight is 456 g/mol. The molecule has 0 amide bonds. The van der Waals surface area contributed by atoms with Crippen molar-refractivity contribution in [1.82, 2.24) is 25.4 Å². The highest BCUT2D eigenvalue weighted by molar-refractivity contribution is 14.0. The van der Waals surface area contributed by atoms with E-state index >= 15 is 0 Å². The summed E-state index contributed by atoms with van der Waals surface area (Å²) in [6.45, 7) is 6.89. The summed E-state index contributed by atoms with van der Waals surface area (Å²) in [5, 5.41) is 10.9. The van der Waals surface area contributed by atoms with E-state index in [-0.39, 0.29) is 24.0 Å². The van der Waals surface area contributed by atoms with Crippen LogP contribution in [-0.2, 0) is 13.1 Å². The monoisotopic (exact) mass is 456 g/mol. The molecular weight excluding hydrogens is 427 g/mol. The molecule has 1 aromatic heterocycles. The minimum absolute atomic E-state index is 0. The van der Waals surface area contributed by atoms with E-state index in [0.717, 1.165) is 25.6 Å². The molecule has 0 saturated heterocycles. The van der Waals surface area contributed by atoms with Crippen LogP contribution in [0.15, 0.2) is 41.9 Å². The fraction of sp³-hybridized carbons (Fsp3) is 0.500. The molecule has 25 heavy (non-hydrogen) atoms. The third-order valence-corrected chi connectivity index (χ3v) is 4.20. The van der Waals surface area contributed by atoms with Crippen LogP contribution in [0.4, 0.5) is 0 Å². The quantitative estimate of drug-likeness (QED) is 0.364. The summed E-state index contributed by atoms with van der Waals surface area (Å²) in [6, 6.07) is 8.48. The second-order valence-electron chi connectivity index (χ2n) is 5.90. The van der Waals surface area contributed by atoms with Crippen molar-refractivity contribution in [1.29, 1.82) is 0 Å². The topological polar surface area (TPSA) is 67.1 Å². The van der Waals surface area contributed by atoms with Gasteiger partial charge in [-0.3, -0.25) is 4.99 Å². The molecule has 0 radical (unpaired) electrons. The molecule has 7 heteroatoms. The molecule has 2 aromatic rings. The Kier molecular flexibility index (Phi) is 10.1. The molecule has 0 aliphatic rings. The van der Waals surface area contributed by atoms with Crippen LogP contribution in [0.3, 0.4) is 0 Å². The third-order valence-electron chi connectivity index (χ3n) is 4.20. The van der Waals surface area contributed by atoms with Gasteiger partial charge in [0.1, 0.15) is 12.7 Å². The molecular formula is C18H29IN6. The summed E-state index contributed by atoms with van der Waals surface area (Å²) in [5.41, 5.74) is 2.43. The van der Waals surface area contributed by atoms with E-state index in [4.69, 9.17) is 0 Å². The Morgan fingerprint density at radius 3 is 2.60 bits per heavy atom. The number of aliphatic imine (C=N–C) groups is 1. The van der Waals surface area contributed by atoms with Crippen LogP contribution in [-0.4, -0.2) is 34.3 Å². The summed E-state index contributed by atoms with van der Waals surface area (Å²) in [7, 11) is 1.81. The summed E-state index contributed by atoms with van der Waals surface area (Å²) >= 11 is 0. The normalized spacial score (nSPS) is 11.3. The highest BCUT2D eigenvalue weighted by Crippen LogP contribution is 2.07. The van der Waals surface area contributed by atoms with Gasteiger partial charge in [-0.2, -0.15) is 5.10 Å². The van der Waals surface area contributed by atoms with Gasteiger partial charge in [0.15, 0.2) is 5.96 Å². The van der Waals surface area contributed by atoms with Crippen LogP contribution in [0.25, 0.3) is 0 Å². The number of rotatable bonds is 8. The predicted octanol–water partition coefficient (Wildman–Crippen LogP) is 3.05. The van der Waals surface area contributed by atoms with Gasteiger partial charge in [-0.1, -0.05) is 51.0 Å². The van der Waals surface area contributed by atoms with Crippen LogP contribution in [0.5, 0.6) is 0 Å². The number of halogens is 1. The lowest BCUT2D eigenvalue weighted by molar-refractivity contribution is 0.481. The Hall–Kier alpha value is -1.64. The van der Waals surface area contributed by atoms with Crippen molar-refractivity contribution in [2.45, 2.75) is 39.8 Å². The zero-order valence-corrected chi connectivity index (χ0v) is 17.6. The van der Waals surface area contributed by atoms with Crippen molar-refractivity contribution in [2.24, 2.45) is 10.9 Å². The van der Waals surface area contributed by atoms with Crippen LogP contribution >= 0.6 is 24.0 Å². The minimum atomic E-state index is 0. The van der Waals surface area contributed by atoms with Gasteiger partial charge >= 0.3 is 0 Å². The van der Waals surface area contributed by atoms with Crippen LogP contribution < -0.4 is 10.6 Å². The average Bonchev–Trinajstić information content (AvgIpc) is 3.11. The fourth-order valence-corrected chi connectivity index (χ4v) is 2.56. The Bertz CT molecular complexity index is 622. The van der Waals surface area contributed by atoms with E-state index in [1.165, 1.54) is 24.0 Å². The van der Waals surface area contributed by atoms with Crippen molar-refractivity contribution in [2.75, 3.05) is 13.6 Å². The fourth-order valence-electron chi connectivity index (χ4n) is 2.56. The summed E-state index contributed by atoms with van der Waals surface area (Å²) < 4.78 is 1.82. The molecule has 2 N–H and O–H groups in total. The maximum Gasteiger partial charge on any atom is 0.191 e. The first-order chi connectivity index (χ1) is 11.7. The first kappa shape index (κ1) is 21.4. The second-order valence-corrected chi connectivity index (χ2v) is 5.90. The Morgan fingerprint density at radius 1 is 1.20 bits per heavy atom. The van der Waals surface area contributed by atoms with E-state index in [9.17, 15) is 0 Å². The van der Waals surface area contributed by atoms with E-state index < -0.39 is 0 Å². The lowest BCUT2D eigenvalue weighted by atomic mass is 10.0. The van der Waals surface area contributed by atoms with Crippen molar-refractivity contribution >= 4 is 29.9 Å². The lowest BCUT2D eigenvalue weighted by Crippen LogP contribution is -2.39. The molecule has 2 rings (SSSR count). The first-order valence-corrected chi connectivity index (χ1v) is 8.59. The van der Waals surface area contributed by atoms with Crippen molar-refractivity contribution in [3.63, 3.8) is 0 Å². The van der Waals surface area contributed by atoms with Gasteiger partial charge in [0.25, 0.3) is 0 Å². The molecule has 0 saturated carbocycles. The maximum atomic E-state index is 4.30. The van der Waals surface area contributed by atoms with E-state index in [2.05, 4.69) is 63.8 Å². The van der Waals surface area contributed by atoms with Crippen molar-refractivity contribution in [3.05, 3.63) is 48.0 Å². The van der Waals surface area contributed by atoms with Crippen molar-refractivity contribution < 1.29 is 0 Å². The van der Waals surface area contributed by atoms with Gasteiger partial charge in [-0.15, -0.1) is 24.0 Å². The number of benzene rings is 1. The molecule has 0 aliphatic heterocycles. The molecule has 0 spiro atoms. The largest absolute Gasteiger partial charge is 0.356 e. The number of nitrogens with one attached hydrogen (secondary N) is 2. The van der Waals surface area contributed by atoms with E-state index in [1.54, 1.807) is 12.7 Å². The number of nitrogens with zero attached hydrogens (tertiary/aromatic N) is 4. The van der Waals surface area contributed by atoms with Gasteiger partial charge in [0, 0.05) is 20.1 Å². The first-order valence-electron chi connectivity index (χ1n) is 8.59. The highest BCUT2D eigenvalue weighted by Gasteiger charge is 2.05. The third kappa shape index (κ3) is 7.41. The van der Waals surface area contributed by atoms with Crippen LogP contribution in [0.2, 0.25) is 0 Å². The van der Waals surface area contributed by atoms with Gasteiger partial charge in [0.2, 0.25) is 0 Å². The van der Waals surface area contributed by atoms with Gasteiger partial charge in [-0.05, 0) is 17.0 Å². The van der Waals surface area contributed by atoms with E-state index in [0.29, 0.717) is 5.92 Å². The molecule has 138 valence electrons. The molecule has 0 bridgehead atoms. The molecule has 0 fully saturated rings. The van der Waals surface area contributed by atoms with Gasteiger partial charge < -0.3 is 10.6 Å². The number of hydrogen-bond donors (Lipinski definition) is 2. The molecule has 0 aliphatic carbocycles. The lowest BCUT2D eigenvalue weighted by Gasteiger charge is -2.17. The Morgan fingerprint density at radius 2 is 1.96 bits per heavy atom. The second kappa shape index (κ2) is 11.8. The molecule has 1 aromatic carbocycles. The molecule has 0 atom stereocenters. The summed E-state index contributed by atoms with van der Waals surface area (Å²) in [6.07, 6.45) is 5.66. The maximum absolute atomic E-state index is 4.30. The zero-order chi connectivity index (χ0) is 17.2. The Balaban J connectivity index is 0.00000312. The number of guanidine groups is 1. The van der Waals surface area contributed by atoms with Gasteiger partial charge in [0.05, 0.1) is 6.54 Å². The SMILES string of the molecule is CCC(CC)CNC(=NC)NCc1cccc(Cn2cncn2)c1.I. The minimum Gasteiger partial charge on any atom is -0.356 e. The van der Waals surface area contributed by atoms with Crippen LogP contribution in [0.1, 0.15) is 37.8 Å². The van der Waals surface area contributed by atoms with Gasteiger partial charge in [-0.25, -0.2) is 9.67 Å². The van der Waals surface area contributed by atoms with Crippen LogP contribution in [0, 0.1) is 5.92 Å². The molecule has 6 nitrogen and oxygen atoms in total. The molecule has 1 heterocycles. The molecule has 0 unspecified atom stereocenters. The summed E-state index contributed by atoms with van der Waals surface area (Å²) in [4.78, 5) is 8.27. The smallest absolute Gasteiger partial charge is 0.191 e. The predicted molar refractivity (Wildman–Crippen MR) is 113 cm³/mol. The standard InChI is InChI=1S/C18H28N6.HI/c1-4-15(5-2)10-21-18(19-3)22-11-16-7-6-8-17(9-16)12-24-14-20-13-23-24;/h6-9,13-15H,4-5,10-12H2,1-3H3,(H2,19,21,22);1H. The van der Waals surface area contributed by atoms with Crippen molar-refractivity contribution in [3.8, 4) is 0 Å². The number of hydrogen-bond acceptors (Lipinski definition) is 3. The zero-order valence-electron chi connectivity index (χ0n) is 15.3. The number of aromatic nitrogens is 3. The summed E-state index contributed by atoms with van der Waals surface area (Å²) in [5.74, 6) is 1.54. The van der Waals surface area contributed by atoms with E-state index in [1.807, 2.05) is 11.7 Å².